The minimum atomic E-state index is -0.899. The van der Waals surface area contributed by atoms with E-state index in [0.29, 0.717) is 26.1 Å². The van der Waals surface area contributed by atoms with E-state index >= 15 is 0 Å². The van der Waals surface area contributed by atoms with E-state index in [-0.39, 0.29) is 35.6 Å². The van der Waals surface area contributed by atoms with Gasteiger partial charge < -0.3 is 19.8 Å². The lowest BCUT2D eigenvalue weighted by molar-refractivity contribution is -0.147. The minimum absolute atomic E-state index is 0.00905. The van der Waals surface area contributed by atoms with Gasteiger partial charge in [-0.3, -0.25) is 14.4 Å². The Bertz CT molecular complexity index is 1400. The zero-order valence-electron chi connectivity index (χ0n) is 24.9. The number of benzene rings is 2. The summed E-state index contributed by atoms with van der Waals surface area (Å²) in [6, 6.07) is 18.3. The number of thioether (sulfide) groups is 1. The van der Waals surface area contributed by atoms with Gasteiger partial charge in [-0.2, -0.15) is 0 Å². The number of hydrogen-bond donors (Lipinski definition) is 1. The van der Waals surface area contributed by atoms with E-state index in [1.54, 1.807) is 16.7 Å². The minimum Gasteiger partial charge on any atom is -0.394 e. The molecule has 226 valence electrons. The maximum atomic E-state index is 14.8. The van der Waals surface area contributed by atoms with E-state index in [2.05, 4.69) is 26.0 Å². The molecule has 2 saturated heterocycles. The molecular weight excluding hydrogens is 558 g/mol. The van der Waals surface area contributed by atoms with Crippen LogP contribution in [0.25, 0.3) is 0 Å². The first-order chi connectivity index (χ1) is 20.9. The van der Waals surface area contributed by atoms with Gasteiger partial charge in [-0.1, -0.05) is 98.3 Å². The number of carbonyl (C=O) groups excluding carboxylic acids is 3. The highest BCUT2D eigenvalue weighted by molar-refractivity contribution is 8.02. The summed E-state index contributed by atoms with van der Waals surface area (Å²) in [5.74, 6) is -1.64. The van der Waals surface area contributed by atoms with Crippen molar-refractivity contribution in [1.29, 1.82) is 0 Å². The summed E-state index contributed by atoms with van der Waals surface area (Å²) in [5, 5.41) is 10.5. The normalized spacial score (nSPS) is 29.7. The summed E-state index contributed by atoms with van der Waals surface area (Å²) >= 11 is 1.60. The van der Waals surface area contributed by atoms with Gasteiger partial charge in [-0.05, 0) is 30.9 Å². The van der Waals surface area contributed by atoms with E-state index < -0.39 is 28.7 Å². The maximum absolute atomic E-state index is 14.8. The van der Waals surface area contributed by atoms with Gasteiger partial charge in [-0.25, -0.2) is 0 Å². The van der Waals surface area contributed by atoms with Crippen LogP contribution in [-0.4, -0.2) is 85.3 Å². The molecule has 4 aliphatic rings. The molecule has 4 heterocycles. The molecule has 0 saturated carbocycles. The molecule has 2 unspecified atom stereocenters. The van der Waals surface area contributed by atoms with Crippen molar-refractivity contribution < 1.29 is 19.5 Å². The van der Waals surface area contributed by atoms with Crippen LogP contribution in [0.3, 0.4) is 0 Å². The van der Waals surface area contributed by atoms with E-state index in [1.807, 2.05) is 82.6 Å². The number of aliphatic hydroxyl groups is 1. The van der Waals surface area contributed by atoms with Crippen molar-refractivity contribution in [3.05, 3.63) is 96.1 Å². The number of carbonyl (C=O) groups is 3. The Kier molecular flexibility index (Phi) is 8.51. The van der Waals surface area contributed by atoms with Gasteiger partial charge in [0.15, 0.2) is 0 Å². The average Bonchev–Trinajstić information content (AvgIpc) is 3.34. The molecule has 0 radical (unpaired) electrons. The first-order valence-electron chi connectivity index (χ1n) is 15.5. The third kappa shape index (κ3) is 5.22. The van der Waals surface area contributed by atoms with E-state index in [9.17, 15) is 19.5 Å². The third-order valence-corrected chi connectivity index (χ3v) is 11.3. The molecule has 0 aliphatic carbocycles. The first-order valence-corrected chi connectivity index (χ1v) is 16.4. The van der Waals surface area contributed by atoms with Gasteiger partial charge >= 0.3 is 0 Å². The van der Waals surface area contributed by atoms with Crippen molar-refractivity contribution in [3.63, 3.8) is 0 Å². The van der Waals surface area contributed by atoms with Crippen LogP contribution >= 0.6 is 11.8 Å². The molecule has 0 bridgehead atoms. The molecule has 0 aromatic heterocycles. The van der Waals surface area contributed by atoms with Crippen LogP contribution in [0.4, 0.5) is 0 Å². The quantitative estimate of drug-likeness (QED) is 0.440. The number of aliphatic hydroxyl groups excluding tert-OH is 1. The second-order valence-corrected chi connectivity index (χ2v) is 13.8. The summed E-state index contributed by atoms with van der Waals surface area (Å²) in [5.41, 5.74) is 2.02. The Morgan fingerprint density at radius 1 is 0.930 bits per heavy atom. The molecule has 8 heteroatoms. The van der Waals surface area contributed by atoms with Crippen LogP contribution in [-0.2, 0) is 27.3 Å². The Morgan fingerprint density at radius 3 is 2.30 bits per heavy atom. The highest BCUT2D eigenvalue weighted by Crippen LogP contribution is 2.61. The number of hydrogen-bond acceptors (Lipinski definition) is 5. The van der Waals surface area contributed by atoms with Gasteiger partial charge in [0.05, 0.1) is 29.2 Å². The van der Waals surface area contributed by atoms with Crippen molar-refractivity contribution >= 4 is 29.5 Å². The molecule has 1 N–H and O–H groups in total. The lowest BCUT2D eigenvalue weighted by Gasteiger charge is -2.40. The lowest BCUT2D eigenvalue weighted by Crippen LogP contribution is -2.58. The summed E-state index contributed by atoms with van der Waals surface area (Å²) in [6.07, 6.45) is 10.4. The van der Waals surface area contributed by atoms with Crippen LogP contribution < -0.4 is 0 Å². The Hall–Kier alpha value is -3.36. The molecule has 7 atom stereocenters. The molecule has 1 spiro atoms. The Morgan fingerprint density at radius 2 is 1.63 bits per heavy atom. The molecule has 2 fully saturated rings. The molecule has 7 nitrogen and oxygen atoms in total. The van der Waals surface area contributed by atoms with Crippen molar-refractivity contribution in [2.24, 2.45) is 11.8 Å². The van der Waals surface area contributed by atoms with Gasteiger partial charge in [0.25, 0.3) is 0 Å². The van der Waals surface area contributed by atoms with E-state index in [1.165, 1.54) is 0 Å². The Balaban J connectivity index is 1.42. The van der Waals surface area contributed by atoms with Crippen LogP contribution in [0.5, 0.6) is 0 Å². The van der Waals surface area contributed by atoms with Crippen LogP contribution in [0, 0.1) is 11.8 Å². The summed E-state index contributed by atoms with van der Waals surface area (Å²) < 4.78 is -0.899. The highest BCUT2D eigenvalue weighted by atomic mass is 32.2. The zero-order valence-corrected chi connectivity index (χ0v) is 25.7. The van der Waals surface area contributed by atoms with Gasteiger partial charge in [0.1, 0.15) is 6.04 Å². The predicted octanol–water partition coefficient (Wildman–Crippen LogP) is 4.07. The molecule has 6 rings (SSSR count). The van der Waals surface area contributed by atoms with Crippen molar-refractivity contribution in [2.75, 3.05) is 19.7 Å². The van der Waals surface area contributed by atoms with Gasteiger partial charge in [-0.15, -0.1) is 11.8 Å². The topological polar surface area (TPSA) is 81.2 Å². The number of nitrogens with zero attached hydrogens (tertiary/aromatic N) is 3. The van der Waals surface area contributed by atoms with Crippen LogP contribution in [0.1, 0.15) is 37.8 Å². The summed E-state index contributed by atoms with van der Waals surface area (Å²) in [7, 11) is 0. The number of amides is 3. The lowest BCUT2D eigenvalue weighted by atomic mass is 9.78. The maximum Gasteiger partial charge on any atom is 0.247 e. The highest BCUT2D eigenvalue weighted by Gasteiger charge is 2.71. The smallest absolute Gasteiger partial charge is 0.247 e. The van der Waals surface area contributed by atoms with Crippen LogP contribution in [0.2, 0.25) is 0 Å². The second kappa shape index (κ2) is 12.3. The number of likely N-dealkylation sites (tertiary alicyclic amines) is 1. The third-order valence-electron chi connectivity index (χ3n) is 9.58. The number of fused-ring (bicyclic) bond motifs is 2. The Labute approximate surface area is 258 Å². The molecule has 3 amide bonds. The van der Waals surface area contributed by atoms with Crippen LogP contribution in [0.15, 0.2) is 85.0 Å². The summed E-state index contributed by atoms with van der Waals surface area (Å²) in [4.78, 5) is 49.2. The molecule has 2 aromatic carbocycles. The molecule has 4 aliphatic heterocycles. The monoisotopic (exact) mass is 599 g/mol. The van der Waals surface area contributed by atoms with Gasteiger partial charge in [0, 0.05) is 30.9 Å². The standard InChI is InChI=1S/C35H41N3O4S/c1-3-12-24(2)37-20-11-18-35-30(29-28(43-35)17-10-19-36(32(29)40)22-26-15-8-5-9-16-26)33(41)38(31(35)34(37)42)27(23-39)21-25-13-6-4-7-14-25/h4-11,13-18,24,27-31,39H,3,12,19-23H2,1-2H3/t24?,27-,28-,29+,30+,31?,35+/m1/s1. The predicted molar refractivity (Wildman–Crippen MR) is 169 cm³/mol. The molecule has 2 aromatic rings. The largest absolute Gasteiger partial charge is 0.394 e. The van der Waals surface area contributed by atoms with E-state index in [4.69, 9.17) is 0 Å². The van der Waals surface area contributed by atoms with Gasteiger partial charge in [0.2, 0.25) is 17.7 Å². The molecule has 43 heavy (non-hydrogen) atoms. The SMILES string of the molecule is CCCC(C)N1CC=C[C@]23S[C@@H]4C=CCN(Cc5ccccc5)C(=O)[C@@H]4[C@H]2C(=O)N([C@@H](CO)Cc2ccccc2)C3C1=O. The van der Waals surface area contributed by atoms with Crippen molar-refractivity contribution in [2.45, 2.75) is 67.8 Å². The summed E-state index contributed by atoms with van der Waals surface area (Å²) in [6.45, 7) is 5.32. The zero-order chi connectivity index (χ0) is 30.1. The molecular formula is C35H41N3O4S. The van der Waals surface area contributed by atoms with Crippen molar-refractivity contribution in [3.8, 4) is 0 Å². The average molecular weight is 600 g/mol. The first kappa shape index (κ1) is 29.7. The number of rotatable bonds is 9. The fraction of sp³-hybridized carbons (Fsp3) is 0.457. The van der Waals surface area contributed by atoms with E-state index in [0.717, 1.165) is 24.0 Å². The van der Waals surface area contributed by atoms with Crippen molar-refractivity contribution in [1.82, 2.24) is 14.7 Å². The fourth-order valence-corrected chi connectivity index (χ4v) is 9.59. The fourth-order valence-electron chi connectivity index (χ4n) is 7.59. The second-order valence-electron chi connectivity index (χ2n) is 12.3.